The van der Waals surface area contributed by atoms with Gasteiger partial charge in [-0.25, -0.2) is 0 Å². The number of aryl methyl sites for hydroxylation is 2. The normalized spacial score (nSPS) is 10.5. The molecular weight excluding hydrogens is 350 g/mol. The Morgan fingerprint density at radius 1 is 1.23 bits per heavy atom. The lowest BCUT2D eigenvalue weighted by Crippen LogP contribution is -2.28. The number of benzene rings is 1. The number of halogens is 1. The fourth-order valence-electron chi connectivity index (χ4n) is 2.66. The lowest BCUT2D eigenvalue weighted by Gasteiger charge is -2.17. The molecule has 0 saturated carbocycles. The summed E-state index contributed by atoms with van der Waals surface area (Å²) in [6.45, 7) is 6.57. The van der Waals surface area contributed by atoms with Crippen LogP contribution in [0.25, 0.3) is 0 Å². The first kappa shape index (κ1) is 19.9. The number of anilines is 1. The molecular formula is C20H24ClN3O2. The molecule has 26 heavy (non-hydrogen) atoms. The van der Waals surface area contributed by atoms with Crippen LogP contribution in [0.1, 0.15) is 51.7 Å². The molecule has 1 heterocycles. The van der Waals surface area contributed by atoms with E-state index in [-0.39, 0.29) is 11.6 Å². The highest BCUT2D eigenvalue weighted by Crippen LogP contribution is 2.27. The molecule has 0 bridgehead atoms. The van der Waals surface area contributed by atoms with Gasteiger partial charge in [0.15, 0.2) is 0 Å². The topological polar surface area (TPSA) is 62.3 Å². The molecule has 0 radical (unpaired) electrons. The van der Waals surface area contributed by atoms with Crippen molar-refractivity contribution in [3.05, 3.63) is 57.9 Å². The number of rotatable bonds is 6. The van der Waals surface area contributed by atoms with Crippen molar-refractivity contribution in [1.29, 1.82) is 0 Å². The third kappa shape index (κ3) is 4.82. The van der Waals surface area contributed by atoms with E-state index in [4.69, 9.17) is 11.6 Å². The van der Waals surface area contributed by atoms with E-state index in [1.165, 1.54) is 12.3 Å². The number of nitrogens with one attached hydrogen (secondary N) is 1. The van der Waals surface area contributed by atoms with E-state index in [1.54, 1.807) is 24.1 Å². The van der Waals surface area contributed by atoms with Gasteiger partial charge in [0, 0.05) is 25.4 Å². The molecule has 1 aromatic heterocycles. The zero-order valence-corrected chi connectivity index (χ0v) is 16.4. The Morgan fingerprint density at radius 3 is 2.62 bits per heavy atom. The third-order valence-corrected chi connectivity index (χ3v) is 4.40. The lowest BCUT2D eigenvalue weighted by molar-refractivity contribution is 0.0793. The van der Waals surface area contributed by atoms with Gasteiger partial charge in [-0.15, -0.1) is 0 Å². The zero-order chi connectivity index (χ0) is 19.3. The van der Waals surface area contributed by atoms with Gasteiger partial charge >= 0.3 is 0 Å². The summed E-state index contributed by atoms with van der Waals surface area (Å²) in [5.41, 5.74) is 3.06. The van der Waals surface area contributed by atoms with Gasteiger partial charge in [-0.2, -0.15) is 0 Å². The first-order valence-corrected chi connectivity index (χ1v) is 9.01. The third-order valence-electron chi connectivity index (χ3n) is 4.10. The predicted octanol–water partition coefficient (Wildman–Crippen LogP) is 4.48. The average molecular weight is 374 g/mol. The number of hydrogen-bond acceptors (Lipinski definition) is 3. The van der Waals surface area contributed by atoms with E-state index >= 15 is 0 Å². The van der Waals surface area contributed by atoms with Crippen LogP contribution in [0.3, 0.4) is 0 Å². The van der Waals surface area contributed by atoms with Gasteiger partial charge in [0.1, 0.15) is 5.69 Å². The summed E-state index contributed by atoms with van der Waals surface area (Å²) in [4.78, 5) is 30.8. The van der Waals surface area contributed by atoms with Crippen molar-refractivity contribution >= 4 is 29.1 Å². The molecule has 0 fully saturated rings. The van der Waals surface area contributed by atoms with E-state index in [0.717, 1.165) is 24.0 Å². The molecule has 0 aliphatic heterocycles. The summed E-state index contributed by atoms with van der Waals surface area (Å²) in [7, 11) is 1.76. The van der Waals surface area contributed by atoms with Crippen molar-refractivity contribution < 1.29 is 9.59 Å². The highest BCUT2D eigenvalue weighted by Gasteiger charge is 2.16. The average Bonchev–Trinajstić information content (AvgIpc) is 2.61. The fourth-order valence-corrected chi connectivity index (χ4v) is 3.02. The van der Waals surface area contributed by atoms with E-state index < -0.39 is 5.91 Å². The Hall–Kier alpha value is -2.40. The molecule has 0 aliphatic rings. The first-order valence-electron chi connectivity index (χ1n) is 8.63. The van der Waals surface area contributed by atoms with Crippen LogP contribution in [-0.4, -0.2) is 35.3 Å². The van der Waals surface area contributed by atoms with Crippen LogP contribution in [-0.2, 0) is 0 Å². The highest BCUT2D eigenvalue weighted by atomic mass is 35.5. The van der Waals surface area contributed by atoms with Gasteiger partial charge in [0.2, 0.25) is 0 Å². The van der Waals surface area contributed by atoms with Gasteiger partial charge in [-0.05, 0) is 49.6 Å². The minimum absolute atomic E-state index is 0.126. The van der Waals surface area contributed by atoms with Crippen LogP contribution in [0, 0.1) is 13.8 Å². The van der Waals surface area contributed by atoms with Crippen molar-refractivity contribution in [3.63, 3.8) is 0 Å². The molecule has 5 nitrogen and oxygen atoms in total. The number of amides is 2. The maximum Gasteiger partial charge on any atom is 0.274 e. The number of hydrogen-bond donors (Lipinski definition) is 1. The van der Waals surface area contributed by atoms with Gasteiger partial charge in [0.25, 0.3) is 11.8 Å². The summed E-state index contributed by atoms with van der Waals surface area (Å²) in [6.07, 6.45) is 3.42. The van der Waals surface area contributed by atoms with Crippen molar-refractivity contribution in [1.82, 2.24) is 9.88 Å². The number of carbonyl (C=O) groups excluding carboxylic acids is 2. The highest BCUT2D eigenvalue weighted by molar-refractivity contribution is 6.34. The summed E-state index contributed by atoms with van der Waals surface area (Å²) in [5, 5.41) is 3.27. The molecule has 0 spiro atoms. The number of unbranched alkanes of at least 4 members (excludes halogenated alkanes) is 1. The standard InChI is InChI=1S/C20H24ClN3O2/c1-5-6-9-24(4)20(26)15-7-8-22-17(12-15)19(25)23-18-14(3)10-13(2)11-16(18)21/h7-8,10-12H,5-6,9H2,1-4H3,(H,23,25). The number of nitrogens with zero attached hydrogens (tertiary/aromatic N) is 2. The molecule has 2 amide bonds. The number of aromatic nitrogens is 1. The second kappa shape index (κ2) is 8.81. The fraction of sp³-hybridized carbons (Fsp3) is 0.350. The Kier molecular flexibility index (Phi) is 6.75. The smallest absolute Gasteiger partial charge is 0.274 e. The predicted molar refractivity (Wildman–Crippen MR) is 105 cm³/mol. The molecule has 0 aliphatic carbocycles. The van der Waals surface area contributed by atoms with E-state index in [9.17, 15) is 9.59 Å². The van der Waals surface area contributed by atoms with Crippen LogP contribution in [0.4, 0.5) is 5.69 Å². The Balaban J connectivity index is 2.19. The maximum atomic E-state index is 12.6. The van der Waals surface area contributed by atoms with Crippen LogP contribution in [0.15, 0.2) is 30.5 Å². The zero-order valence-electron chi connectivity index (χ0n) is 15.6. The van der Waals surface area contributed by atoms with Crippen molar-refractivity contribution in [2.75, 3.05) is 18.9 Å². The Morgan fingerprint density at radius 2 is 1.96 bits per heavy atom. The van der Waals surface area contributed by atoms with Gasteiger partial charge in [-0.1, -0.05) is 31.0 Å². The second-order valence-corrected chi connectivity index (χ2v) is 6.81. The quantitative estimate of drug-likeness (QED) is 0.812. The maximum absolute atomic E-state index is 12.6. The largest absolute Gasteiger partial charge is 0.342 e. The molecule has 2 rings (SSSR count). The minimum Gasteiger partial charge on any atom is -0.342 e. The SMILES string of the molecule is CCCCN(C)C(=O)c1ccnc(C(=O)Nc2c(C)cc(C)cc2Cl)c1. The molecule has 0 unspecified atom stereocenters. The molecule has 1 N–H and O–H groups in total. The first-order chi connectivity index (χ1) is 12.3. The summed E-state index contributed by atoms with van der Waals surface area (Å²) < 4.78 is 0. The molecule has 0 saturated heterocycles. The monoisotopic (exact) mass is 373 g/mol. The van der Waals surface area contributed by atoms with Gasteiger partial charge in [-0.3, -0.25) is 14.6 Å². The summed E-state index contributed by atoms with van der Waals surface area (Å²) in [5.74, 6) is -0.524. The van der Waals surface area contributed by atoms with E-state index in [0.29, 0.717) is 22.8 Å². The second-order valence-electron chi connectivity index (χ2n) is 6.40. The van der Waals surface area contributed by atoms with Crippen LogP contribution in [0.2, 0.25) is 5.02 Å². The Labute approximate surface area is 159 Å². The van der Waals surface area contributed by atoms with Gasteiger partial charge in [0.05, 0.1) is 10.7 Å². The van der Waals surface area contributed by atoms with Crippen molar-refractivity contribution in [3.8, 4) is 0 Å². The van der Waals surface area contributed by atoms with Gasteiger partial charge < -0.3 is 10.2 Å². The van der Waals surface area contributed by atoms with Crippen molar-refractivity contribution in [2.24, 2.45) is 0 Å². The Bertz CT molecular complexity index is 797. The number of carbonyl (C=O) groups is 2. The van der Waals surface area contributed by atoms with Crippen molar-refractivity contribution in [2.45, 2.75) is 33.6 Å². The minimum atomic E-state index is -0.398. The molecule has 1 aromatic carbocycles. The number of pyridine rings is 1. The van der Waals surface area contributed by atoms with E-state index in [1.807, 2.05) is 19.9 Å². The molecule has 138 valence electrons. The lowest BCUT2D eigenvalue weighted by atomic mass is 10.1. The van der Waals surface area contributed by atoms with E-state index in [2.05, 4.69) is 17.2 Å². The van der Waals surface area contributed by atoms with Crippen LogP contribution >= 0.6 is 11.6 Å². The summed E-state index contributed by atoms with van der Waals surface area (Å²) >= 11 is 6.24. The van der Waals surface area contributed by atoms with Crippen LogP contribution < -0.4 is 5.32 Å². The van der Waals surface area contributed by atoms with Crippen LogP contribution in [0.5, 0.6) is 0 Å². The molecule has 6 heteroatoms. The molecule has 0 atom stereocenters. The molecule has 2 aromatic rings. The summed E-state index contributed by atoms with van der Waals surface area (Å²) in [6, 6.07) is 6.86.